The fourth-order valence-corrected chi connectivity index (χ4v) is 0.984. The normalized spacial score (nSPS) is 31.5. The number of carboxylic acid groups (broad SMARTS) is 1. The van der Waals surface area contributed by atoms with Crippen molar-refractivity contribution in [1.29, 1.82) is 0 Å². The van der Waals surface area contributed by atoms with Crippen LogP contribution < -0.4 is 0 Å². The fourth-order valence-electron chi connectivity index (χ4n) is 0.984. The van der Waals surface area contributed by atoms with E-state index in [9.17, 15) is 4.79 Å². The molecule has 1 unspecified atom stereocenters. The highest BCUT2D eigenvalue weighted by atomic mass is 16.5. The molecule has 3 heteroatoms. The first kappa shape index (κ1) is 7.10. The average Bonchev–Trinajstić information content (AvgIpc) is 2.35. The summed E-state index contributed by atoms with van der Waals surface area (Å²) in [4.78, 5) is 10.5. The zero-order valence-electron chi connectivity index (χ0n) is 5.46. The van der Waals surface area contributed by atoms with E-state index in [4.69, 9.17) is 16.3 Å². The lowest BCUT2D eigenvalue weighted by Crippen LogP contribution is -2.35. The maximum Gasteiger partial charge on any atom is 0.348 e. The van der Waals surface area contributed by atoms with E-state index in [1.54, 1.807) is 0 Å². The molecule has 0 aromatic heterocycles. The molecule has 0 aliphatic carbocycles. The standard InChI is InChI=1S/C7H8O3/c1-2-7(6(8)9)4-3-5-10-7/h1H,3-5H2,(H,8,9). The lowest BCUT2D eigenvalue weighted by atomic mass is 10.0. The van der Waals surface area contributed by atoms with Gasteiger partial charge in [-0.3, -0.25) is 0 Å². The van der Waals surface area contributed by atoms with Gasteiger partial charge in [-0.05, 0) is 6.42 Å². The molecule has 1 aliphatic rings. The molecule has 0 aromatic rings. The van der Waals surface area contributed by atoms with E-state index in [1.165, 1.54) is 0 Å². The Morgan fingerprint density at radius 3 is 2.70 bits per heavy atom. The second-order valence-corrected chi connectivity index (χ2v) is 2.23. The number of carboxylic acids is 1. The Morgan fingerprint density at radius 1 is 1.80 bits per heavy atom. The van der Waals surface area contributed by atoms with Crippen molar-refractivity contribution in [3.63, 3.8) is 0 Å². The van der Waals surface area contributed by atoms with Crippen LogP contribution in [0.5, 0.6) is 0 Å². The van der Waals surface area contributed by atoms with Crippen LogP contribution in [0.3, 0.4) is 0 Å². The van der Waals surface area contributed by atoms with Crippen LogP contribution in [0.4, 0.5) is 0 Å². The predicted molar refractivity (Wildman–Crippen MR) is 34.4 cm³/mol. The van der Waals surface area contributed by atoms with Gasteiger partial charge in [0.2, 0.25) is 5.60 Å². The summed E-state index contributed by atoms with van der Waals surface area (Å²) in [5, 5.41) is 8.60. The Labute approximate surface area is 59.0 Å². The second-order valence-electron chi connectivity index (χ2n) is 2.23. The monoisotopic (exact) mass is 140 g/mol. The van der Waals surface area contributed by atoms with Crippen LogP contribution >= 0.6 is 0 Å². The Hall–Kier alpha value is -1.01. The van der Waals surface area contributed by atoms with Crippen LogP contribution in [0.15, 0.2) is 0 Å². The molecule has 0 spiro atoms. The van der Waals surface area contributed by atoms with Gasteiger partial charge >= 0.3 is 5.97 Å². The second kappa shape index (κ2) is 2.31. The van der Waals surface area contributed by atoms with Gasteiger partial charge in [0.15, 0.2) is 0 Å². The zero-order valence-corrected chi connectivity index (χ0v) is 5.46. The Kier molecular flexibility index (Phi) is 1.64. The first-order valence-corrected chi connectivity index (χ1v) is 3.06. The van der Waals surface area contributed by atoms with Crippen molar-refractivity contribution in [1.82, 2.24) is 0 Å². The van der Waals surface area contributed by atoms with E-state index < -0.39 is 11.6 Å². The minimum Gasteiger partial charge on any atom is -0.478 e. The molecule has 1 heterocycles. The van der Waals surface area contributed by atoms with Crippen molar-refractivity contribution in [2.75, 3.05) is 6.61 Å². The van der Waals surface area contributed by atoms with E-state index in [0.29, 0.717) is 13.0 Å². The molecule has 0 saturated carbocycles. The Morgan fingerprint density at radius 2 is 2.50 bits per heavy atom. The average molecular weight is 140 g/mol. The van der Waals surface area contributed by atoms with Crippen LogP contribution in [0.2, 0.25) is 0 Å². The summed E-state index contributed by atoms with van der Waals surface area (Å²) in [6, 6.07) is 0. The predicted octanol–water partition coefficient (Wildman–Crippen LogP) is 0.253. The highest BCUT2D eigenvalue weighted by molar-refractivity contribution is 5.81. The van der Waals surface area contributed by atoms with E-state index in [2.05, 4.69) is 5.92 Å². The van der Waals surface area contributed by atoms with Crippen LogP contribution in [0, 0.1) is 12.3 Å². The largest absolute Gasteiger partial charge is 0.478 e. The van der Waals surface area contributed by atoms with E-state index in [-0.39, 0.29) is 0 Å². The van der Waals surface area contributed by atoms with Crippen LogP contribution in [-0.4, -0.2) is 23.3 Å². The van der Waals surface area contributed by atoms with E-state index in [0.717, 1.165) is 6.42 Å². The topological polar surface area (TPSA) is 46.5 Å². The molecule has 54 valence electrons. The van der Waals surface area contributed by atoms with Gasteiger partial charge in [-0.15, -0.1) is 6.42 Å². The van der Waals surface area contributed by atoms with Crippen molar-refractivity contribution in [3.05, 3.63) is 0 Å². The van der Waals surface area contributed by atoms with Crippen LogP contribution in [0.25, 0.3) is 0 Å². The Bertz CT molecular complexity index is 184. The fraction of sp³-hybridized carbons (Fsp3) is 0.571. The number of ether oxygens (including phenoxy) is 1. The molecular weight excluding hydrogens is 132 g/mol. The van der Waals surface area contributed by atoms with Gasteiger partial charge in [0.25, 0.3) is 0 Å². The summed E-state index contributed by atoms with van der Waals surface area (Å²) in [5.41, 5.74) is -1.32. The minimum atomic E-state index is -1.32. The van der Waals surface area contributed by atoms with Gasteiger partial charge in [0.05, 0.1) is 0 Å². The number of carbonyl (C=O) groups is 1. The maximum atomic E-state index is 10.5. The van der Waals surface area contributed by atoms with Crippen molar-refractivity contribution in [2.24, 2.45) is 0 Å². The minimum absolute atomic E-state index is 0.429. The van der Waals surface area contributed by atoms with Gasteiger partial charge < -0.3 is 9.84 Å². The van der Waals surface area contributed by atoms with Crippen LogP contribution in [-0.2, 0) is 9.53 Å². The maximum absolute atomic E-state index is 10.5. The van der Waals surface area contributed by atoms with E-state index in [1.807, 2.05) is 0 Å². The summed E-state index contributed by atoms with van der Waals surface area (Å²) in [5.74, 6) is 1.11. The molecule has 1 rings (SSSR count). The molecule has 1 N–H and O–H groups in total. The highest BCUT2D eigenvalue weighted by Crippen LogP contribution is 2.24. The summed E-state index contributed by atoms with van der Waals surface area (Å²) < 4.78 is 4.92. The van der Waals surface area contributed by atoms with Gasteiger partial charge in [-0.25, -0.2) is 4.79 Å². The SMILES string of the molecule is C#CC1(C(=O)O)CCCO1. The molecule has 0 radical (unpaired) electrons. The van der Waals surface area contributed by atoms with Gasteiger partial charge in [0.1, 0.15) is 0 Å². The smallest absolute Gasteiger partial charge is 0.348 e. The molecule has 3 nitrogen and oxygen atoms in total. The van der Waals surface area contributed by atoms with Gasteiger partial charge in [-0.2, -0.15) is 0 Å². The first-order chi connectivity index (χ1) is 4.71. The number of rotatable bonds is 1. The third kappa shape index (κ3) is 0.869. The first-order valence-electron chi connectivity index (χ1n) is 3.06. The van der Waals surface area contributed by atoms with Crippen molar-refractivity contribution in [3.8, 4) is 12.3 Å². The van der Waals surface area contributed by atoms with Crippen molar-refractivity contribution in [2.45, 2.75) is 18.4 Å². The van der Waals surface area contributed by atoms with Gasteiger partial charge in [-0.1, -0.05) is 5.92 Å². The zero-order chi connectivity index (χ0) is 7.61. The molecular formula is C7H8O3. The lowest BCUT2D eigenvalue weighted by molar-refractivity contribution is -0.153. The molecule has 1 fully saturated rings. The summed E-state index contributed by atoms with van der Waals surface area (Å²) >= 11 is 0. The summed E-state index contributed by atoms with van der Waals surface area (Å²) in [6.07, 6.45) is 6.18. The number of hydrogen-bond donors (Lipinski definition) is 1. The number of hydrogen-bond acceptors (Lipinski definition) is 2. The molecule has 1 saturated heterocycles. The highest BCUT2D eigenvalue weighted by Gasteiger charge is 2.40. The van der Waals surface area contributed by atoms with E-state index >= 15 is 0 Å². The third-order valence-corrected chi connectivity index (χ3v) is 1.60. The number of terminal acetylenes is 1. The van der Waals surface area contributed by atoms with Crippen LogP contribution in [0.1, 0.15) is 12.8 Å². The molecule has 0 amide bonds. The Balaban J connectivity index is 2.80. The van der Waals surface area contributed by atoms with Crippen molar-refractivity contribution >= 4 is 5.97 Å². The number of aliphatic carboxylic acids is 1. The molecule has 0 aromatic carbocycles. The third-order valence-electron chi connectivity index (χ3n) is 1.60. The van der Waals surface area contributed by atoms with Crippen molar-refractivity contribution < 1.29 is 14.6 Å². The quantitative estimate of drug-likeness (QED) is 0.531. The summed E-state index contributed by atoms with van der Waals surface area (Å²) in [6.45, 7) is 0.455. The lowest BCUT2D eigenvalue weighted by Gasteiger charge is -2.14. The molecule has 1 atom stereocenters. The summed E-state index contributed by atoms with van der Waals surface area (Å²) in [7, 11) is 0. The molecule has 1 aliphatic heterocycles. The molecule has 0 bridgehead atoms. The molecule has 10 heavy (non-hydrogen) atoms. The van der Waals surface area contributed by atoms with Gasteiger partial charge in [0, 0.05) is 13.0 Å².